The van der Waals surface area contributed by atoms with Crippen molar-refractivity contribution in [3.63, 3.8) is 0 Å². The monoisotopic (exact) mass is 249 g/mol. The number of carboxylic acids is 2. The molecule has 0 spiro atoms. The summed E-state index contributed by atoms with van der Waals surface area (Å²) in [6.45, 7) is 0. The van der Waals surface area contributed by atoms with Gasteiger partial charge in [-0.2, -0.15) is 8.42 Å². The Bertz CT molecular complexity index is 268. The Balaban J connectivity index is -0.000000187. The number of hydrogen-bond acceptors (Lipinski definition) is 7. The Kier molecular flexibility index (Phi) is 12.0. The summed E-state index contributed by atoms with van der Waals surface area (Å²) >= 11 is 0. The van der Waals surface area contributed by atoms with Gasteiger partial charge in [-0.3, -0.25) is 14.1 Å². The molecule has 0 radical (unpaired) electrons. The van der Waals surface area contributed by atoms with Crippen LogP contribution in [0.2, 0.25) is 0 Å². The molecule has 92 valence electrons. The molecule has 0 amide bonds. The minimum atomic E-state index is -4.61. The van der Waals surface area contributed by atoms with Gasteiger partial charge in [-0.25, -0.2) is 5.26 Å². The molecule has 0 atom stereocenters. The molecule has 0 bridgehead atoms. The zero-order chi connectivity index (χ0) is 11.8. The summed E-state index contributed by atoms with van der Waals surface area (Å²) in [4.78, 5) is 19.3. The number of aliphatic carboxylic acids is 2. The molecule has 0 aliphatic heterocycles. The van der Waals surface area contributed by atoms with E-state index < -0.39 is 22.3 Å². The molecular formula is C4H11NO9S. The van der Waals surface area contributed by atoms with E-state index in [-0.39, 0.29) is 19.0 Å². The second-order valence-electron chi connectivity index (χ2n) is 1.79. The maximum Gasteiger partial charge on any atom is 0.423 e. The van der Waals surface area contributed by atoms with Crippen LogP contribution < -0.4 is 6.15 Å². The molecule has 0 aliphatic carbocycles. The SMILES string of the molecule is N.O=C(O)CCC(=O)O.O=S(=O)(O)OO. The maximum atomic E-state index is 9.64. The number of carbonyl (C=O) groups is 2. The van der Waals surface area contributed by atoms with Gasteiger partial charge in [0.2, 0.25) is 0 Å². The zero-order valence-electron chi connectivity index (χ0n) is 7.36. The Morgan fingerprint density at radius 3 is 1.33 bits per heavy atom. The predicted molar refractivity (Wildman–Crippen MR) is 44.8 cm³/mol. The van der Waals surface area contributed by atoms with E-state index in [1.165, 1.54) is 0 Å². The topological polar surface area (TPSA) is 193 Å². The second kappa shape index (κ2) is 9.29. The van der Waals surface area contributed by atoms with Crippen LogP contribution in [0.4, 0.5) is 0 Å². The van der Waals surface area contributed by atoms with Gasteiger partial charge in [-0.05, 0) is 0 Å². The summed E-state index contributed by atoms with van der Waals surface area (Å²) in [7, 11) is -4.61. The molecule has 0 aliphatic rings. The highest BCUT2D eigenvalue weighted by atomic mass is 32.3. The fourth-order valence-electron chi connectivity index (χ4n) is 0.214. The van der Waals surface area contributed by atoms with Crippen LogP contribution in [-0.4, -0.2) is 40.4 Å². The normalized spacial score (nSPS) is 9.20. The van der Waals surface area contributed by atoms with Crippen LogP contribution >= 0.6 is 0 Å². The smallest absolute Gasteiger partial charge is 0.423 e. The van der Waals surface area contributed by atoms with Crippen LogP contribution in [-0.2, 0) is 24.3 Å². The third kappa shape index (κ3) is 32.4. The van der Waals surface area contributed by atoms with Crippen LogP contribution in [0.1, 0.15) is 12.8 Å². The van der Waals surface area contributed by atoms with Crippen molar-refractivity contribution in [2.75, 3.05) is 0 Å². The fourth-order valence-corrected chi connectivity index (χ4v) is 0.214. The van der Waals surface area contributed by atoms with Gasteiger partial charge in [0.1, 0.15) is 0 Å². The first-order valence-corrected chi connectivity index (χ1v) is 4.29. The van der Waals surface area contributed by atoms with E-state index in [1.807, 2.05) is 0 Å². The molecule has 15 heavy (non-hydrogen) atoms. The number of rotatable bonds is 4. The molecule has 0 fully saturated rings. The van der Waals surface area contributed by atoms with Crippen molar-refractivity contribution in [1.82, 2.24) is 6.15 Å². The highest BCUT2D eigenvalue weighted by molar-refractivity contribution is 7.80. The molecule has 0 unspecified atom stereocenters. The number of hydrogen-bond donors (Lipinski definition) is 5. The number of carboxylic acid groups (broad SMARTS) is 2. The molecule has 0 rings (SSSR count). The molecule has 11 heteroatoms. The molecule has 0 heterocycles. The van der Waals surface area contributed by atoms with Crippen molar-refractivity contribution in [2.45, 2.75) is 12.8 Å². The molecule has 0 saturated carbocycles. The summed E-state index contributed by atoms with van der Waals surface area (Å²) in [5.74, 6) is -2.15. The zero-order valence-corrected chi connectivity index (χ0v) is 8.18. The van der Waals surface area contributed by atoms with Crippen LogP contribution in [0.25, 0.3) is 0 Å². The Morgan fingerprint density at radius 2 is 1.27 bits per heavy atom. The van der Waals surface area contributed by atoms with E-state index in [2.05, 4.69) is 4.33 Å². The molecule has 0 aromatic rings. The van der Waals surface area contributed by atoms with Gasteiger partial charge in [0.15, 0.2) is 0 Å². The first kappa shape index (κ1) is 19.3. The van der Waals surface area contributed by atoms with Crippen molar-refractivity contribution in [3.05, 3.63) is 0 Å². The summed E-state index contributed by atoms with van der Waals surface area (Å²) in [6, 6.07) is 0. The molecule has 0 aromatic carbocycles. The minimum Gasteiger partial charge on any atom is -0.481 e. The van der Waals surface area contributed by atoms with Crippen molar-refractivity contribution in [1.29, 1.82) is 0 Å². The first-order chi connectivity index (χ1) is 6.19. The lowest BCUT2D eigenvalue weighted by Crippen LogP contribution is -2.00. The van der Waals surface area contributed by atoms with Crippen LogP contribution in [0.15, 0.2) is 0 Å². The average Bonchev–Trinajstić information content (AvgIpc) is 2.01. The highest BCUT2D eigenvalue weighted by Crippen LogP contribution is 1.86. The lowest BCUT2D eigenvalue weighted by Gasteiger charge is -1.85. The van der Waals surface area contributed by atoms with Gasteiger partial charge in [0.05, 0.1) is 12.8 Å². The maximum absolute atomic E-state index is 9.64. The van der Waals surface area contributed by atoms with Gasteiger partial charge in [-0.15, -0.1) is 0 Å². The van der Waals surface area contributed by atoms with E-state index >= 15 is 0 Å². The van der Waals surface area contributed by atoms with Crippen molar-refractivity contribution in [3.8, 4) is 0 Å². The molecule has 0 aromatic heterocycles. The van der Waals surface area contributed by atoms with Gasteiger partial charge in [0.25, 0.3) is 0 Å². The van der Waals surface area contributed by atoms with Crippen molar-refractivity contribution >= 4 is 22.3 Å². The Hall–Kier alpha value is -1.27. The molecular weight excluding hydrogens is 238 g/mol. The molecule has 0 saturated heterocycles. The largest absolute Gasteiger partial charge is 0.481 e. The summed E-state index contributed by atoms with van der Waals surface area (Å²) in [5.41, 5.74) is 0. The minimum absolute atomic E-state index is 0. The van der Waals surface area contributed by atoms with Gasteiger partial charge in [0, 0.05) is 0 Å². The lowest BCUT2D eigenvalue weighted by atomic mass is 10.3. The van der Waals surface area contributed by atoms with Crippen LogP contribution in [0.3, 0.4) is 0 Å². The van der Waals surface area contributed by atoms with E-state index in [9.17, 15) is 9.59 Å². The van der Waals surface area contributed by atoms with Crippen molar-refractivity contribution < 1.29 is 42.4 Å². The predicted octanol–water partition coefficient (Wildman–Crippen LogP) is -0.623. The summed E-state index contributed by atoms with van der Waals surface area (Å²) < 4.78 is 28.0. The van der Waals surface area contributed by atoms with Gasteiger partial charge in [-0.1, -0.05) is 4.33 Å². The van der Waals surface area contributed by atoms with Crippen LogP contribution in [0, 0.1) is 0 Å². The summed E-state index contributed by atoms with van der Waals surface area (Å²) in [6.07, 6.45) is -0.593. The van der Waals surface area contributed by atoms with Crippen molar-refractivity contribution in [2.24, 2.45) is 0 Å². The first-order valence-electron chi connectivity index (χ1n) is 2.93. The standard InChI is InChI=1S/C4H6O4.H3N.H2O5S/c5-3(6)1-2-4(7)8;;1-5-6(2,3)4/h1-2H2,(H,5,6)(H,7,8);1H3;1H,(H,2,3,4). The average molecular weight is 249 g/mol. The molecule has 10 nitrogen and oxygen atoms in total. The second-order valence-corrected chi connectivity index (χ2v) is 2.79. The fraction of sp³-hybridized carbons (Fsp3) is 0.500. The molecule has 7 N–H and O–H groups in total. The quantitative estimate of drug-likeness (QED) is 0.243. The van der Waals surface area contributed by atoms with E-state index in [1.54, 1.807) is 0 Å². The van der Waals surface area contributed by atoms with E-state index in [4.69, 9.17) is 28.4 Å². The highest BCUT2D eigenvalue weighted by Gasteiger charge is 2.00. The third-order valence-electron chi connectivity index (χ3n) is 0.647. The Labute approximate surface area is 84.6 Å². The Morgan fingerprint density at radius 1 is 1.07 bits per heavy atom. The lowest BCUT2D eigenvalue weighted by molar-refractivity contribution is -0.143. The van der Waals surface area contributed by atoms with Gasteiger partial charge >= 0.3 is 22.3 Å². The van der Waals surface area contributed by atoms with E-state index in [0.29, 0.717) is 0 Å². The van der Waals surface area contributed by atoms with E-state index in [0.717, 1.165) is 0 Å². The van der Waals surface area contributed by atoms with Gasteiger partial charge < -0.3 is 16.4 Å². The van der Waals surface area contributed by atoms with Crippen LogP contribution in [0.5, 0.6) is 0 Å². The third-order valence-corrected chi connectivity index (χ3v) is 0.835. The summed E-state index contributed by atoms with van der Waals surface area (Å²) in [5, 5.41) is 22.9.